The van der Waals surface area contributed by atoms with Crippen LogP contribution in [-0.2, 0) is 15.8 Å². The summed E-state index contributed by atoms with van der Waals surface area (Å²) in [4.78, 5) is 21.9. The minimum atomic E-state index is -4.37. The van der Waals surface area contributed by atoms with Gasteiger partial charge in [-0.2, -0.15) is 13.2 Å². The summed E-state index contributed by atoms with van der Waals surface area (Å²) in [6.07, 6.45) is -3.85. The summed E-state index contributed by atoms with van der Waals surface area (Å²) < 4.78 is 37.2. The Morgan fingerprint density at radius 1 is 1.25 bits per heavy atom. The molecule has 0 heterocycles. The summed E-state index contributed by atoms with van der Waals surface area (Å²) in [5.41, 5.74) is -0.0674. The monoisotopic (exact) mass is 287 g/mol. The van der Waals surface area contributed by atoms with Crippen molar-refractivity contribution in [1.29, 1.82) is 0 Å². The van der Waals surface area contributed by atoms with Crippen molar-refractivity contribution < 1.29 is 27.9 Å². The van der Waals surface area contributed by atoms with Gasteiger partial charge in [0.25, 0.3) is 0 Å². The molecule has 2 atom stereocenters. The lowest BCUT2D eigenvalue weighted by Gasteiger charge is -2.07. The van der Waals surface area contributed by atoms with Gasteiger partial charge in [0, 0.05) is 5.92 Å². The summed E-state index contributed by atoms with van der Waals surface area (Å²) in [6, 6.07) is 4.69. The SMILES string of the molecule is O=C(O)CNC(=O)[C@H]1C[C@@H]1c1ccc(C(F)(F)F)cc1. The third-order valence-electron chi connectivity index (χ3n) is 3.21. The number of amides is 1. The second-order valence-electron chi connectivity index (χ2n) is 4.68. The molecule has 1 aliphatic rings. The number of nitrogens with one attached hydrogen (secondary N) is 1. The average Bonchev–Trinajstić information content (AvgIpc) is 3.15. The number of carboxylic acids is 1. The number of hydrogen-bond acceptors (Lipinski definition) is 2. The summed E-state index contributed by atoms with van der Waals surface area (Å²) in [5, 5.41) is 10.7. The van der Waals surface area contributed by atoms with E-state index in [0.717, 1.165) is 12.1 Å². The first-order chi connectivity index (χ1) is 9.29. The fourth-order valence-corrected chi connectivity index (χ4v) is 2.07. The number of alkyl halides is 3. The second-order valence-corrected chi connectivity index (χ2v) is 4.68. The van der Waals surface area contributed by atoms with Crippen molar-refractivity contribution in [2.75, 3.05) is 6.54 Å². The molecule has 1 saturated carbocycles. The van der Waals surface area contributed by atoms with E-state index in [1.165, 1.54) is 12.1 Å². The number of aliphatic carboxylic acids is 1. The van der Waals surface area contributed by atoms with Gasteiger partial charge in [-0.1, -0.05) is 12.1 Å². The van der Waals surface area contributed by atoms with Crippen LogP contribution in [0.2, 0.25) is 0 Å². The fourth-order valence-electron chi connectivity index (χ4n) is 2.07. The van der Waals surface area contributed by atoms with Gasteiger partial charge in [0.2, 0.25) is 5.91 Å². The van der Waals surface area contributed by atoms with Crippen molar-refractivity contribution in [1.82, 2.24) is 5.32 Å². The van der Waals surface area contributed by atoms with Crippen LogP contribution in [0.15, 0.2) is 24.3 Å². The minimum Gasteiger partial charge on any atom is -0.480 e. The maximum atomic E-state index is 12.4. The molecule has 0 unspecified atom stereocenters. The van der Waals surface area contributed by atoms with Gasteiger partial charge in [-0.15, -0.1) is 0 Å². The molecule has 0 bridgehead atoms. The molecule has 1 aromatic carbocycles. The quantitative estimate of drug-likeness (QED) is 0.890. The normalized spacial score (nSPS) is 21.4. The average molecular weight is 287 g/mol. The van der Waals surface area contributed by atoms with E-state index in [1.807, 2.05) is 0 Å². The first kappa shape index (κ1) is 14.4. The zero-order valence-corrected chi connectivity index (χ0v) is 10.3. The number of carboxylic acid groups (broad SMARTS) is 1. The Bertz CT molecular complexity index is 525. The molecular weight excluding hydrogens is 275 g/mol. The van der Waals surface area contributed by atoms with Gasteiger partial charge in [-0.25, -0.2) is 0 Å². The van der Waals surface area contributed by atoms with Crippen LogP contribution in [0.4, 0.5) is 13.2 Å². The van der Waals surface area contributed by atoms with Gasteiger partial charge in [0.05, 0.1) is 5.56 Å². The van der Waals surface area contributed by atoms with E-state index in [1.54, 1.807) is 0 Å². The molecular formula is C13H12F3NO3. The number of carbonyl (C=O) groups excluding carboxylic acids is 1. The number of hydrogen-bond donors (Lipinski definition) is 2. The maximum Gasteiger partial charge on any atom is 0.416 e. The largest absolute Gasteiger partial charge is 0.480 e. The van der Waals surface area contributed by atoms with Crippen LogP contribution in [0.25, 0.3) is 0 Å². The lowest BCUT2D eigenvalue weighted by atomic mass is 10.1. The molecule has 1 aromatic rings. The van der Waals surface area contributed by atoms with Crippen LogP contribution < -0.4 is 5.32 Å². The molecule has 0 radical (unpaired) electrons. The lowest BCUT2D eigenvalue weighted by molar-refractivity contribution is -0.138. The molecule has 0 saturated heterocycles. The molecule has 1 fully saturated rings. The first-order valence-electron chi connectivity index (χ1n) is 5.95. The Labute approximate surface area is 112 Å². The summed E-state index contributed by atoms with van der Waals surface area (Å²) in [6.45, 7) is -0.449. The molecule has 0 aromatic heterocycles. The second kappa shape index (κ2) is 5.15. The van der Waals surface area contributed by atoms with E-state index in [9.17, 15) is 22.8 Å². The van der Waals surface area contributed by atoms with Crippen molar-refractivity contribution in [3.8, 4) is 0 Å². The topological polar surface area (TPSA) is 66.4 Å². The fraction of sp³-hybridized carbons (Fsp3) is 0.385. The lowest BCUT2D eigenvalue weighted by Crippen LogP contribution is -2.30. The van der Waals surface area contributed by atoms with E-state index in [2.05, 4.69) is 5.32 Å². The Hall–Kier alpha value is -2.05. The molecule has 20 heavy (non-hydrogen) atoms. The molecule has 0 spiro atoms. The summed E-state index contributed by atoms with van der Waals surface area (Å²) in [7, 11) is 0. The van der Waals surface area contributed by atoms with Crippen molar-refractivity contribution in [3.05, 3.63) is 35.4 Å². The zero-order chi connectivity index (χ0) is 14.9. The summed E-state index contributed by atoms with van der Waals surface area (Å²) >= 11 is 0. The predicted octanol–water partition coefficient (Wildman–Crippen LogP) is 2.01. The predicted molar refractivity (Wildman–Crippen MR) is 62.9 cm³/mol. The van der Waals surface area contributed by atoms with E-state index in [-0.39, 0.29) is 17.7 Å². The van der Waals surface area contributed by atoms with Gasteiger partial charge in [-0.05, 0) is 30.0 Å². The number of halogens is 3. The number of rotatable bonds is 4. The highest BCUT2D eigenvalue weighted by molar-refractivity contribution is 5.85. The van der Waals surface area contributed by atoms with Crippen molar-refractivity contribution in [2.24, 2.45) is 5.92 Å². The van der Waals surface area contributed by atoms with Crippen LogP contribution in [0.3, 0.4) is 0 Å². The van der Waals surface area contributed by atoms with E-state index >= 15 is 0 Å². The highest BCUT2D eigenvalue weighted by Gasteiger charge is 2.44. The highest BCUT2D eigenvalue weighted by Crippen LogP contribution is 2.47. The van der Waals surface area contributed by atoms with E-state index in [0.29, 0.717) is 12.0 Å². The molecule has 1 amide bonds. The third-order valence-corrected chi connectivity index (χ3v) is 3.21. The van der Waals surface area contributed by atoms with Gasteiger partial charge < -0.3 is 10.4 Å². The number of carbonyl (C=O) groups is 2. The Balaban J connectivity index is 1.95. The molecule has 4 nitrogen and oxygen atoms in total. The van der Waals surface area contributed by atoms with Gasteiger partial charge in [0.15, 0.2) is 0 Å². The van der Waals surface area contributed by atoms with E-state index < -0.39 is 24.3 Å². The van der Waals surface area contributed by atoms with Gasteiger partial charge >= 0.3 is 12.1 Å². The Morgan fingerprint density at radius 2 is 1.85 bits per heavy atom. The van der Waals surface area contributed by atoms with Crippen LogP contribution in [0.1, 0.15) is 23.5 Å². The van der Waals surface area contributed by atoms with Crippen LogP contribution in [0, 0.1) is 5.92 Å². The molecule has 2 rings (SSSR count). The standard InChI is InChI=1S/C13H12F3NO3/c14-13(15,16)8-3-1-7(2-4-8)9-5-10(9)12(20)17-6-11(18)19/h1-4,9-10H,5-6H2,(H,17,20)(H,18,19)/t9-,10+/m1/s1. The molecule has 108 valence electrons. The Kier molecular flexibility index (Phi) is 3.69. The smallest absolute Gasteiger partial charge is 0.416 e. The third kappa shape index (κ3) is 3.28. The highest BCUT2D eigenvalue weighted by atomic mass is 19.4. The van der Waals surface area contributed by atoms with Crippen LogP contribution in [0.5, 0.6) is 0 Å². The number of benzene rings is 1. The Morgan fingerprint density at radius 3 is 2.35 bits per heavy atom. The first-order valence-corrected chi connectivity index (χ1v) is 5.95. The molecule has 1 aliphatic carbocycles. The maximum absolute atomic E-state index is 12.4. The van der Waals surface area contributed by atoms with Crippen LogP contribution >= 0.6 is 0 Å². The van der Waals surface area contributed by atoms with E-state index in [4.69, 9.17) is 5.11 Å². The van der Waals surface area contributed by atoms with Gasteiger partial charge in [-0.3, -0.25) is 9.59 Å². The van der Waals surface area contributed by atoms with Crippen molar-refractivity contribution >= 4 is 11.9 Å². The van der Waals surface area contributed by atoms with Gasteiger partial charge in [0.1, 0.15) is 6.54 Å². The van der Waals surface area contributed by atoms with Crippen molar-refractivity contribution in [2.45, 2.75) is 18.5 Å². The summed E-state index contributed by atoms with van der Waals surface area (Å²) in [5.74, 6) is -2.00. The minimum absolute atomic E-state index is 0.133. The molecule has 7 heteroatoms. The zero-order valence-electron chi connectivity index (χ0n) is 10.3. The molecule has 2 N–H and O–H groups in total. The molecule has 0 aliphatic heterocycles. The van der Waals surface area contributed by atoms with Crippen molar-refractivity contribution in [3.63, 3.8) is 0 Å². The van der Waals surface area contributed by atoms with Crippen LogP contribution in [-0.4, -0.2) is 23.5 Å².